The van der Waals surface area contributed by atoms with Gasteiger partial charge in [0.2, 0.25) is 0 Å². The first-order chi connectivity index (χ1) is 11.6. The topological polar surface area (TPSA) is 72.7 Å². The second-order valence-electron chi connectivity index (χ2n) is 5.73. The zero-order valence-electron chi connectivity index (χ0n) is 13.7. The maximum atomic E-state index is 12.4. The molecule has 0 unspecified atom stereocenters. The van der Waals surface area contributed by atoms with Gasteiger partial charge in [0.05, 0.1) is 12.1 Å². The number of carbonyl (C=O) groups excluding carboxylic acids is 1. The standard InChI is InChI=1S/C18H19N5O/c1-13(2)23-17(21-12-22-23)11-20-18(24)16-8-15(9-19-10-16)14-6-4-3-5-7-14/h3-10,12-13H,11H2,1-2H3,(H,20,24). The van der Waals surface area contributed by atoms with Crippen molar-refractivity contribution in [3.05, 3.63) is 66.5 Å². The van der Waals surface area contributed by atoms with Crippen LogP contribution in [0.15, 0.2) is 55.1 Å². The molecule has 3 rings (SSSR count). The molecule has 0 saturated carbocycles. The summed E-state index contributed by atoms with van der Waals surface area (Å²) >= 11 is 0. The molecule has 0 spiro atoms. The van der Waals surface area contributed by atoms with Gasteiger partial charge >= 0.3 is 0 Å². The summed E-state index contributed by atoms with van der Waals surface area (Å²) in [5, 5.41) is 7.04. The Morgan fingerprint density at radius 1 is 1.17 bits per heavy atom. The van der Waals surface area contributed by atoms with Gasteiger partial charge in [-0.3, -0.25) is 9.78 Å². The minimum absolute atomic E-state index is 0.182. The van der Waals surface area contributed by atoms with E-state index in [1.54, 1.807) is 17.1 Å². The third-order valence-electron chi connectivity index (χ3n) is 3.65. The summed E-state index contributed by atoms with van der Waals surface area (Å²) in [7, 11) is 0. The molecule has 0 saturated heterocycles. The van der Waals surface area contributed by atoms with Crippen molar-refractivity contribution in [2.75, 3.05) is 0 Å². The van der Waals surface area contributed by atoms with E-state index in [0.29, 0.717) is 12.1 Å². The van der Waals surface area contributed by atoms with Crippen LogP contribution in [0.3, 0.4) is 0 Å². The molecule has 1 amide bonds. The molecule has 122 valence electrons. The van der Waals surface area contributed by atoms with Crippen LogP contribution in [0.1, 0.15) is 36.1 Å². The van der Waals surface area contributed by atoms with Crippen LogP contribution >= 0.6 is 0 Å². The van der Waals surface area contributed by atoms with Crippen LogP contribution in [-0.2, 0) is 6.54 Å². The highest BCUT2D eigenvalue weighted by molar-refractivity contribution is 5.94. The number of rotatable bonds is 5. The highest BCUT2D eigenvalue weighted by Gasteiger charge is 2.11. The second-order valence-corrected chi connectivity index (χ2v) is 5.73. The van der Waals surface area contributed by atoms with Gasteiger partial charge < -0.3 is 5.32 Å². The number of benzene rings is 1. The predicted molar refractivity (Wildman–Crippen MR) is 91.3 cm³/mol. The van der Waals surface area contributed by atoms with Gasteiger partial charge in [0.15, 0.2) is 0 Å². The lowest BCUT2D eigenvalue weighted by Gasteiger charge is -2.10. The zero-order valence-corrected chi connectivity index (χ0v) is 13.7. The van der Waals surface area contributed by atoms with E-state index in [0.717, 1.165) is 17.0 Å². The Morgan fingerprint density at radius 3 is 2.71 bits per heavy atom. The number of hydrogen-bond acceptors (Lipinski definition) is 4. The molecule has 0 radical (unpaired) electrons. The fourth-order valence-electron chi connectivity index (χ4n) is 2.45. The van der Waals surface area contributed by atoms with Crippen molar-refractivity contribution in [2.24, 2.45) is 0 Å². The average Bonchev–Trinajstić information content (AvgIpc) is 3.09. The van der Waals surface area contributed by atoms with Crippen molar-refractivity contribution < 1.29 is 4.79 Å². The molecule has 0 aliphatic carbocycles. The molecule has 0 aliphatic rings. The minimum Gasteiger partial charge on any atom is -0.345 e. The van der Waals surface area contributed by atoms with Crippen molar-refractivity contribution in [3.63, 3.8) is 0 Å². The van der Waals surface area contributed by atoms with Crippen LogP contribution < -0.4 is 5.32 Å². The Balaban J connectivity index is 1.73. The minimum atomic E-state index is -0.182. The lowest BCUT2D eigenvalue weighted by atomic mass is 10.1. The van der Waals surface area contributed by atoms with Crippen molar-refractivity contribution in [2.45, 2.75) is 26.4 Å². The van der Waals surface area contributed by atoms with E-state index in [2.05, 4.69) is 20.4 Å². The summed E-state index contributed by atoms with van der Waals surface area (Å²) in [5.41, 5.74) is 2.46. The fourth-order valence-corrected chi connectivity index (χ4v) is 2.45. The normalized spacial score (nSPS) is 10.8. The number of pyridine rings is 1. The highest BCUT2D eigenvalue weighted by Crippen LogP contribution is 2.18. The second kappa shape index (κ2) is 7.04. The molecule has 0 aliphatic heterocycles. The third-order valence-corrected chi connectivity index (χ3v) is 3.65. The lowest BCUT2D eigenvalue weighted by molar-refractivity contribution is 0.0949. The van der Waals surface area contributed by atoms with Gasteiger partial charge in [0, 0.05) is 24.0 Å². The molecule has 3 aromatic rings. The summed E-state index contributed by atoms with van der Waals surface area (Å²) < 4.78 is 1.79. The summed E-state index contributed by atoms with van der Waals surface area (Å²) in [4.78, 5) is 20.8. The maximum absolute atomic E-state index is 12.4. The monoisotopic (exact) mass is 321 g/mol. The van der Waals surface area contributed by atoms with E-state index in [4.69, 9.17) is 0 Å². The predicted octanol–water partition coefficient (Wildman–Crippen LogP) is 2.85. The summed E-state index contributed by atoms with van der Waals surface area (Å²) in [6, 6.07) is 11.9. The van der Waals surface area contributed by atoms with E-state index in [9.17, 15) is 4.79 Å². The van der Waals surface area contributed by atoms with Crippen molar-refractivity contribution >= 4 is 5.91 Å². The van der Waals surface area contributed by atoms with Crippen LogP contribution in [-0.4, -0.2) is 25.7 Å². The Kier molecular flexibility index (Phi) is 4.65. The van der Waals surface area contributed by atoms with Gasteiger partial charge in [0.1, 0.15) is 12.2 Å². The van der Waals surface area contributed by atoms with Crippen LogP contribution in [0.4, 0.5) is 0 Å². The van der Waals surface area contributed by atoms with E-state index in [1.165, 1.54) is 6.33 Å². The third kappa shape index (κ3) is 3.48. The van der Waals surface area contributed by atoms with Crippen LogP contribution in [0.5, 0.6) is 0 Å². The molecule has 1 aromatic carbocycles. The van der Waals surface area contributed by atoms with Gasteiger partial charge in [-0.2, -0.15) is 5.10 Å². The summed E-state index contributed by atoms with van der Waals surface area (Å²) in [5.74, 6) is 0.545. The first kappa shape index (κ1) is 15.9. The molecule has 0 atom stereocenters. The van der Waals surface area contributed by atoms with E-state index < -0.39 is 0 Å². The first-order valence-electron chi connectivity index (χ1n) is 7.82. The summed E-state index contributed by atoms with van der Waals surface area (Å²) in [6.45, 7) is 4.37. The van der Waals surface area contributed by atoms with Crippen LogP contribution in [0, 0.1) is 0 Å². The molecule has 6 heteroatoms. The molecule has 6 nitrogen and oxygen atoms in total. The van der Waals surface area contributed by atoms with Crippen LogP contribution in [0.25, 0.3) is 11.1 Å². The number of nitrogens with one attached hydrogen (secondary N) is 1. The molecule has 2 heterocycles. The van der Waals surface area contributed by atoms with Gasteiger partial charge in [0.25, 0.3) is 5.91 Å². The van der Waals surface area contributed by atoms with E-state index >= 15 is 0 Å². The molecule has 0 fully saturated rings. The molecular formula is C18H19N5O. The Bertz CT molecular complexity index is 826. The number of aromatic nitrogens is 4. The molecular weight excluding hydrogens is 302 g/mol. The van der Waals surface area contributed by atoms with Crippen molar-refractivity contribution in [1.82, 2.24) is 25.1 Å². The SMILES string of the molecule is CC(C)n1ncnc1CNC(=O)c1cncc(-c2ccccc2)c1. The van der Waals surface area contributed by atoms with Gasteiger partial charge in [-0.05, 0) is 25.5 Å². The zero-order chi connectivity index (χ0) is 16.9. The van der Waals surface area contributed by atoms with E-state index in [1.807, 2.05) is 50.2 Å². The molecule has 1 N–H and O–H groups in total. The highest BCUT2D eigenvalue weighted by atomic mass is 16.1. The van der Waals surface area contributed by atoms with Gasteiger partial charge in [-0.1, -0.05) is 30.3 Å². The number of hydrogen-bond donors (Lipinski definition) is 1. The Morgan fingerprint density at radius 2 is 1.96 bits per heavy atom. The smallest absolute Gasteiger partial charge is 0.253 e. The Hall–Kier alpha value is -3.02. The van der Waals surface area contributed by atoms with Crippen LogP contribution in [0.2, 0.25) is 0 Å². The number of nitrogens with zero attached hydrogens (tertiary/aromatic N) is 4. The largest absolute Gasteiger partial charge is 0.345 e. The van der Waals surface area contributed by atoms with E-state index in [-0.39, 0.29) is 11.9 Å². The lowest BCUT2D eigenvalue weighted by Crippen LogP contribution is -2.25. The number of carbonyl (C=O) groups is 1. The molecule has 24 heavy (non-hydrogen) atoms. The first-order valence-corrected chi connectivity index (χ1v) is 7.82. The molecule has 2 aromatic heterocycles. The summed E-state index contributed by atoms with van der Waals surface area (Å²) in [6.07, 6.45) is 4.82. The fraction of sp³-hybridized carbons (Fsp3) is 0.222. The Labute approximate surface area is 140 Å². The number of amides is 1. The van der Waals surface area contributed by atoms with Gasteiger partial charge in [-0.15, -0.1) is 0 Å². The molecule has 0 bridgehead atoms. The quantitative estimate of drug-likeness (QED) is 0.784. The van der Waals surface area contributed by atoms with Crippen molar-refractivity contribution in [3.8, 4) is 11.1 Å². The average molecular weight is 321 g/mol. The van der Waals surface area contributed by atoms with Gasteiger partial charge in [-0.25, -0.2) is 9.67 Å². The van der Waals surface area contributed by atoms with Crippen molar-refractivity contribution in [1.29, 1.82) is 0 Å². The maximum Gasteiger partial charge on any atom is 0.253 e.